The predicted octanol–water partition coefficient (Wildman–Crippen LogP) is 7.99. The minimum absolute atomic E-state index is 0.144. The summed E-state index contributed by atoms with van der Waals surface area (Å²) in [6.07, 6.45) is -22.1. The van der Waals surface area contributed by atoms with Crippen LogP contribution in [0, 0.1) is 0 Å². The molecule has 0 aliphatic rings. The van der Waals surface area contributed by atoms with Crippen LogP contribution in [-0.4, -0.2) is 18.5 Å². The van der Waals surface area contributed by atoms with Gasteiger partial charge in [-0.3, -0.25) is 0 Å². The summed E-state index contributed by atoms with van der Waals surface area (Å²) in [5.41, 5.74) is -10.6. The Morgan fingerprint density at radius 2 is 0.871 bits per heavy atom. The van der Waals surface area contributed by atoms with Gasteiger partial charge in [0.25, 0.3) is 0 Å². The van der Waals surface area contributed by atoms with Crippen molar-refractivity contribution < 1.29 is 65.9 Å². The van der Waals surface area contributed by atoms with Crippen molar-refractivity contribution in [1.82, 2.24) is 0 Å². The first-order chi connectivity index (χ1) is 13.5. The molecule has 0 nitrogen and oxygen atoms in total. The Labute approximate surface area is 164 Å². The third kappa shape index (κ3) is 4.83. The molecule has 0 heterocycles. The Kier molecular flexibility index (Phi) is 6.97. The van der Waals surface area contributed by atoms with E-state index in [1.165, 1.54) is 6.92 Å². The predicted molar refractivity (Wildman–Crippen MR) is 74.9 cm³/mol. The van der Waals surface area contributed by atoms with E-state index < -0.39 is 83.5 Å². The van der Waals surface area contributed by atoms with Crippen molar-refractivity contribution in [2.24, 2.45) is 0 Å². The van der Waals surface area contributed by atoms with E-state index in [0.29, 0.717) is 0 Å². The summed E-state index contributed by atoms with van der Waals surface area (Å²) in [5, 5.41) is 0. The topological polar surface area (TPSA) is 0 Å². The van der Waals surface area contributed by atoms with Crippen LogP contribution in [0.3, 0.4) is 0 Å². The standard InChI is InChI=1S/C16H11F15/c1-2-3-4-8-9(12(19,20)15(26,27)28)5-7(11(17,18)14(23,24)25)6-10(8)13(21,22)16(29,30)31/h5-6H,2-4H2,1H3. The van der Waals surface area contributed by atoms with E-state index in [0.717, 1.165) is 0 Å². The lowest BCUT2D eigenvalue weighted by atomic mass is 9.86. The van der Waals surface area contributed by atoms with Gasteiger partial charge in [0.2, 0.25) is 0 Å². The van der Waals surface area contributed by atoms with Crippen LogP contribution in [0.25, 0.3) is 0 Å². The summed E-state index contributed by atoms with van der Waals surface area (Å²) in [7, 11) is 0. The van der Waals surface area contributed by atoms with Crippen LogP contribution < -0.4 is 0 Å². The molecule has 0 fully saturated rings. The third-order valence-electron chi connectivity index (χ3n) is 4.14. The molecule has 0 aliphatic carbocycles. The molecule has 0 saturated carbocycles. The van der Waals surface area contributed by atoms with Crippen molar-refractivity contribution in [3.8, 4) is 0 Å². The van der Waals surface area contributed by atoms with Gasteiger partial charge in [0.15, 0.2) is 0 Å². The zero-order chi connectivity index (χ0) is 24.8. The van der Waals surface area contributed by atoms with Crippen LogP contribution >= 0.6 is 0 Å². The first kappa shape index (κ1) is 27.2. The maximum Gasteiger partial charge on any atom is 0.458 e. The summed E-state index contributed by atoms with van der Waals surface area (Å²) < 4.78 is 197. The van der Waals surface area contributed by atoms with E-state index >= 15 is 0 Å². The molecular weight excluding hydrogens is 477 g/mol. The Morgan fingerprint density at radius 3 is 1.13 bits per heavy atom. The van der Waals surface area contributed by atoms with E-state index in [4.69, 9.17) is 0 Å². The van der Waals surface area contributed by atoms with Crippen LogP contribution in [0.5, 0.6) is 0 Å². The van der Waals surface area contributed by atoms with E-state index in [-0.39, 0.29) is 6.42 Å². The minimum atomic E-state index is -6.70. The molecule has 0 radical (unpaired) electrons. The zero-order valence-electron chi connectivity index (χ0n) is 14.9. The number of alkyl halides is 15. The van der Waals surface area contributed by atoms with Crippen molar-refractivity contribution in [2.45, 2.75) is 62.5 Å². The number of unbranched alkanes of at least 4 members (excludes halogenated alkanes) is 1. The van der Waals surface area contributed by atoms with Gasteiger partial charge in [0.05, 0.1) is 0 Å². The van der Waals surface area contributed by atoms with Gasteiger partial charge in [-0.25, -0.2) is 0 Å². The summed E-state index contributed by atoms with van der Waals surface area (Å²) >= 11 is 0. The molecule has 1 aromatic carbocycles. The second kappa shape index (κ2) is 7.94. The van der Waals surface area contributed by atoms with Crippen LogP contribution in [0.4, 0.5) is 65.9 Å². The van der Waals surface area contributed by atoms with Crippen molar-refractivity contribution >= 4 is 0 Å². The lowest BCUT2D eigenvalue weighted by Crippen LogP contribution is -2.40. The molecular formula is C16H11F15. The van der Waals surface area contributed by atoms with Crippen LogP contribution in [-0.2, 0) is 24.2 Å². The average Bonchev–Trinajstić information content (AvgIpc) is 2.55. The fourth-order valence-corrected chi connectivity index (χ4v) is 2.51. The summed E-state index contributed by atoms with van der Waals surface area (Å²) in [6.45, 7) is 1.23. The SMILES string of the molecule is CCCCc1c(C(F)(F)C(F)(F)F)cc(C(F)(F)C(F)(F)F)cc1C(F)(F)C(F)(F)F. The minimum Gasteiger partial charge on any atom is -0.191 e. The highest BCUT2D eigenvalue weighted by Crippen LogP contribution is 2.53. The largest absolute Gasteiger partial charge is 0.458 e. The lowest BCUT2D eigenvalue weighted by molar-refractivity contribution is -0.295. The molecule has 0 aliphatic heterocycles. The maximum atomic E-state index is 13.9. The molecule has 0 N–H and O–H groups in total. The smallest absolute Gasteiger partial charge is 0.191 e. The Morgan fingerprint density at radius 1 is 0.548 bits per heavy atom. The molecule has 0 saturated heterocycles. The quantitative estimate of drug-likeness (QED) is 0.356. The number of hydrogen-bond donors (Lipinski definition) is 0. The second-order valence-corrected chi connectivity index (χ2v) is 6.37. The molecule has 15 heteroatoms. The Bertz CT molecular complexity index is 733. The first-order valence-corrected chi connectivity index (χ1v) is 8.05. The fraction of sp³-hybridized carbons (Fsp3) is 0.625. The fourth-order valence-electron chi connectivity index (χ4n) is 2.51. The van der Waals surface area contributed by atoms with Gasteiger partial charge < -0.3 is 0 Å². The molecule has 0 atom stereocenters. The zero-order valence-corrected chi connectivity index (χ0v) is 14.9. The van der Waals surface area contributed by atoms with Crippen LogP contribution in [0.15, 0.2) is 12.1 Å². The summed E-state index contributed by atoms with van der Waals surface area (Å²) in [5.74, 6) is -18.9. The van der Waals surface area contributed by atoms with Crippen LogP contribution in [0.2, 0.25) is 0 Å². The summed E-state index contributed by atoms with van der Waals surface area (Å²) in [6, 6.07) is -2.08. The molecule has 0 amide bonds. The molecule has 1 rings (SSSR count). The molecule has 0 spiro atoms. The van der Waals surface area contributed by atoms with Gasteiger partial charge >= 0.3 is 36.3 Å². The normalized spacial score (nSPS) is 14.8. The number of halogens is 15. The Hall–Kier alpha value is -1.83. The van der Waals surface area contributed by atoms with Gasteiger partial charge in [0.1, 0.15) is 0 Å². The van der Waals surface area contributed by atoms with Crippen molar-refractivity contribution in [3.05, 3.63) is 34.4 Å². The molecule has 31 heavy (non-hydrogen) atoms. The summed E-state index contributed by atoms with van der Waals surface area (Å²) in [4.78, 5) is 0. The van der Waals surface area contributed by atoms with E-state index in [2.05, 4.69) is 0 Å². The second-order valence-electron chi connectivity index (χ2n) is 6.37. The van der Waals surface area contributed by atoms with E-state index in [1.807, 2.05) is 0 Å². The average molecular weight is 488 g/mol. The maximum absolute atomic E-state index is 13.9. The highest BCUT2D eigenvalue weighted by atomic mass is 19.4. The van der Waals surface area contributed by atoms with Gasteiger partial charge in [-0.1, -0.05) is 13.3 Å². The lowest BCUT2D eigenvalue weighted by Gasteiger charge is -2.30. The molecule has 0 bridgehead atoms. The van der Waals surface area contributed by atoms with Gasteiger partial charge in [-0.2, -0.15) is 65.9 Å². The van der Waals surface area contributed by atoms with Crippen molar-refractivity contribution in [2.75, 3.05) is 0 Å². The molecule has 0 aromatic heterocycles. The molecule has 1 aromatic rings. The van der Waals surface area contributed by atoms with E-state index in [1.54, 1.807) is 0 Å². The molecule has 180 valence electrons. The highest BCUT2D eigenvalue weighted by Gasteiger charge is 2.65. The van der Waals surface area contributed by atoms with Gasteiger partial charge in [-0.05, 0) is 30.5 Å². The monoisotopic (exact) mass is 488 g/mol. The Balaban J connectivity index is 4.20. The van der Waals surface area contributed by atoms with Crippen LogP contribution in [0.1, 0.15) is 42.0 Å². The molecule has 0 unspecified atom stereocenters. The van der Waals surface area contributed by atoms with Gasteiger partial charge in [-0.15, -0.1) is 0 Å². The highest BCUT2D eigenvalue weighted by molar-refractivity contribution is 5.47. The van der Waals surface area contributed by atoms with Crippen molar-refractivity contribution in [3.63, 3.8) is 0 Å². The number of rotatable bonds is 6. The van der Waals surface area contributed by atoms with Gasteiger partial charge in [0, 0.05) is 16.7 Å². The number of hydrogen-bond acceptors (Lipinski definition) is 0. The number of benzene rings is 1. The third-order valence-corrected chi connectivity index (χ3v) is 4.14. The first-order valence-electron chi connectivity index (χ1n) is 8.05. The van der Waals surface area contributed by atoms with E-state index in [9.17, 15) is 65.9 Å². The van der Waals surface area contributed by atoms with Crippen molar-refractivity contribution in [1.29, 1.82) is 0 Å².